The molecule has 0 saturated heterocycles. The SMILES string of the molecule is CC(C)(C)NC(=O)c1ccccn1. The molecular formula is C10H14N2O. The van der Waals surface area contributed by atoms with Crippen LogP contribution in [0.2, 0.25) is 0 Å². The number of aromatic nitrogens is 1. The Morgan fingerprint density at radius 2 is 2.08 bits per heavy atom. The van der Waals surface area contributed by atoms with E-state index in [0.717, 1.165) is 0 Å². The van der Waals surface area contributed by atoms with Crippen LogP contribution in [0.15, 0.2) is 24.4 Å². The van der Waals surface area contributed by atoms with Crippen molar-refractivity contribution in [3.8, 4) is 0 Å². The number of rotatable bonds is 1. The second-order valence-electron chi connectivity index (χ2n) is 3.92. The van der Waals surface area contributed by atoms with Gasteiger partial charge in [-0.1, -0.05) is 6.07 Å². The molecule has 0 bridgehead atoms. The monoisotopic (exact) mass is 178 g/mol. The van der Waals surface area contributed by atoms with Gasteiger partial charge in [0.15, 0.2) is 0 Å². The first-order valence-corrected chi connectivity index (χ1v) is 4.22. The average Bonchev–Trinajstić information content (AvgIpc) is 2.03. The molecule has 0 spiro atoms. The molecule has 3 heteroatoms. The zero-order chi connectivity index (χ0) is 9.90. The van der Waals surface area contributed by atoms with Crippen molar-refractivity contribution in [3.63, 3.8) is 0 Å². The average molecular weight is 178 g/mol. The number of carbonyl (C=O) groups is 1. The van der Waals surface area contributed by atoms with Crippen molar-refractivity contribution < 1.29 is 4.79 Å². The largest absolute Gasteiger partial charge is 0.346 e. The van der Waals surface area contributed by atoms with E-state index in [1.54, 1.807) is 24.4 Å². The van der Waals surface area contributed by atoms with Crippen molar-refractivity contribution in [2.24, 2.45) is 0 Å². The number of hydrogen-bond acceptors (Lipinski definition) is 2. The van der Waals surface area contributed by atoms with Gasteiger partial charge in [-0.15, -0.1) is 0 Å². The van der Waals surface area contributed by atoms with E-state index in [1.165, 1.54) is 0 Å². The predicted octanol–water partition coefficient (Wildman–Crippen LogP) is 1.61. The number of amides is 1. The summed E-state index contributed by atoms with van der Waals surface area (Å²) in [6.45, 7) is 5.82. The highest BCUT2D eigenvalue weighted by Gasteiger charge is 2.15. The molecule has 0 aromatic carbocycles. The summed E-state index contributed by atoms with van der Waals surface area (Å²) in [4.78, 5) is 15.4. The molecule has 3 nitrogen and oxygen atoms in total. The fraction of sp³-hybridized carbons (Fsp3) is 0.400. The highest BCUT2D eigenvalue weighted by molar-refractivity contribution is 5.92. The van der Waals surface area contributed by atoms with Crippen LogP contribution in [0.4, 0.5) is 0 Å². The van der Waals surface area contributed by atoms with Crippen LogP contribution < -0.4 is 5.32 Å². The zero-order valence-electron chi connectivity index (χ0n) is 8.16. The van der Waals surface area contributed by atoms with Crippen LogP contribution >= 0.6 is 0 Å². The van der Waals surface area contributed by atoms with Crippen LogP contribution in [-0.4, -0.2) is 16.4 Å². The number of nitrogens with zero attached hydrogens (tertiary/aromatic N) is 1. The Morgan fingerprint density at radius 1 is 1.38 bits per heavy atom. The summed E-state index contributed by atoms with van der Waals surface area (Å²) in [5.74, 6) is -0.131. The maximum atomic E-state index is 11.5. The van der Waals surface area contributed by atoms with Crippen LogP contribution in [0, 0.1) is 0 Å². The molecule has 70 valence electrons. The van der Waals surface area contributed by atoms with Gasteiger partial charge < -0.3 is 5.32 Å². The van der Waals surface area contributed by atoms with Crippen LogP contribution in [0.25, 0.3) is 0 Å². The van der Waals surface area contributed by atoms with Gasteiger partial charge >= 0.3 is 0 Å². The Labute approximate surface area is 78.2 Å². The number of carbonyl (C=O) groups excluding carboxylic acids is 1. The van der Waals surface area contributed by atoms with E-state index in [1.807, 2.05) is 20.8 Å². The minimum Gasteiger partial charge on any atom is -0.346 e. The molecule has 1 aromatic rings. The molecule has 1 amide bonds. The van der Waals surface area contributed by atoms with Crippen LogP contribution in [0.3, 0.4) is 0 Å². The molecule has 1 heterocycles. The number of nitrogens with one attached hydrogen (secondary N) is 1. The smallest absolute Gasteiger partial charge is 0.270 e. The van der Waals surface area contributed by atoms with Crippen molar-refractivity contribution in [1.82, 2.24) is 10.3 Å². The molecule has 1 rings (SSSR count). The van der Waals surface area contributed by atoms with Crippen molar-refractivity contribution in [2.75, 3.05) is 0 Å². The van der Waals surface area contributed by atoms with Gasteiger partial charge in [0, 0.05) is 11.7 Å². The van der Waals surface area contributed by atoms with Gasteiger partial charge in [0.1, 0.15) is 5.69 Å². The zero-order valence-corrected chi connectivity index (χ0v) is 8.16. The van der Waals surface area contributed by atoms with E-state index in [9.17, 15) is 4.79 Å². The number of pyridine rings is 1. The predicted molar refractivity (Wildman–Crippen MR) is 51.5 cm³/mol. The molecule has 13 heavy (non-hydrogen) atoms. The lowest BCUT2D eigenvalue weighted by Gasteiger charge is -2.19. The summed E-state index contributed by atoms with van der Waals surface area (Å²) >= 11 is 0. The van der Waals surface area contributed by atoms with E-state index in [2.05, 4.69) is 10.3 Å². The lowest BCUT2D eigenvalue weighted by Crippen LogP contribution is -2.40. The van der Waals surface area contributed by atoms with Crippen LogP contribution in [0.5, 0.6) is 0 Å². The van der Waals surface area contributed by atoms with Gasteiger partial charge in [0.2, 0.25) is 0 Å². The third-order valence-electron chi connectivity index (χ3n) is 1.39. The van der Waals surface area contributed by atoms with Gasteiger partial charge in [0.05, 0.1) is 0 Å². The normalized spacial score (nSPS) is 11.0. The Balaban J connectivity index is 2.71. The summed E-state index contributed by atoms with van der Waals surface area (Å²) in [5.41, 5.74) is 0.242. The molecule has 0 fully saturated rings. The summed E-state index contributed by atoms with van der Waals surface area (Å²) in [6.07, 6.45) is 1.61. The summed E-state index contributed by atoms with van der Waals surface area (Å²) in [6, 6.07) is 5.28. The third-order valence-corrected chi connectivity index (χ3v) is 1.39. The Morgan fingerprint density at radius 3 is 2.54 bits per heavy atom. The van der Waals surface area contributed by atoms with Crippen molar-refractivity contribution >= 4 is 5.91 Å². The molecule has 0 aliphatic heterocycles. The van der Waals surface area contributed by atoms with Gasteiger partial charge in [-0.2, -0.15) is 0 Å². The van der Waals surface area contributed by atoms with Gasteiger partial charge in [-0.25, -0.2) is 0 Å². The molecule has 0 saturated carbocycles. The van der Waals surface area contributed by atoms with Crippen molar-refractivity contribution in [3.05, 3.63) is 30.1 Å². The van der Waals surface area contributed by atoms with E-state index >= 15 is 0 Å². The molecule has 0 atom stereocenters. The Kier molecular flexibility index (Phi) is 2.66. The Bertz CT molecular complexity index is 288. The lowest BCUT2D eigenvalue weighted by molar-refractivity contribution is 0.0914. The fourth-order valence-electron chi connectivity index (χ4n) is 0.902. The van der Waals surface area contributed by atoms with E-state index < -0.39 is 0 Å². The van der Waals surface area contributed by atoms with Gasteiger partial charge in [-0.3, -0.25) is 9.78 Å². The first-order chi connectivity index (χ1) is 5.99. The van der Waals surface area contributed by atoms with E-state index in [-0.39, 0.29) is 11.4 Å². The molecule has 0 aliphatic carbocycles. The molecule has 1 N–H and O–H groups in total. The minimum atomic E-state index is -0.214. The topological polar surface area (TPSA) is 42.0 Å². The fourth-order valence-corrected chi connectivity index (χ4v) is 0.902. The molecule has 0 aliphatic rings. The first kappa shape index (κ1) is 9.71. The standard InChI is InChI=1S/C10H14N2O/c1-10(2,3)12-9(13)8-6-4-5-7-11-8/h4-7H,1-3H3,(H,12,13). The molecule has 0 radical (unpaired) electrons. The third kappa shape index (κ3) is 3.23. The molecule has 1 aromatic heterocycles. The van der Waals surface area contributed by atoms with E-state index in [0.29, 0.717) is 5.69 Å². The molecular weight excluding hydrogens is 164 g/mol. The first-order valence-electron chi connectivity index (χ1n) is 4.22. The van der Waals surface area contributed by atoms with Gasteiger partial charge in [-0.05, 0) is 32.9 Å². The lowest BCUT2D eigenvalue weighted by atomic mass is 10.1. The highest BCUT2D eigenvalue weighted by atomic mass is 16.2. The second-order valence-corrected chi connectivity index (χ2v) is 3.92. The summed E-state index contributed by atoms with van der Waals surface area (Å²) < 4.78 is 0. The van der Waals surface area contributed by atoms with Gasteiger partial charge in [0.25, 0.3) is 5.91 Å². The summed E-state index contributed by atoms with van der Waals surface area (Å²) in [5, 5.41) is 2.83. The maximum Gasteiger partial charge on any atom is 0.270 e. The molecule has 0 unspecified atom stereocenters. The van der Waals surface area contributed by atoms with Crippen LogP contribution in [-0.2, 0) is 0 Å². The van der Waals surface area contributed by atoms with Crippen molar-refractivity contribution in [2.45, 2.75) is 26.3 Å². The van der Waals surface area contributed by atoms with Crippen molar-refractivity contribution in [1.29, 1.82) is 0 Å². The van der Waals surface area contributed by atoms with E-state index in [4.69, 9.17) is 0 Å². The maximum absolute atomic E-state index is 11.5. The minimum absolute atomic E-state index is 0.131. The number of hydrogen-bond donors (Lipinski definition) is 1. The quantitative estimate of drug-likeness (QED) is 0.709. The highest BCUT2D eigenvalue weighted by Crippen LogP contribution is 2.01. The second kappa shape index (κ2) is 3.56. The van der Waals surface area contributed by atoms with Crippen LogP contribution in [0.1, 0.15) is 31.3 Å². The Hall–Kier alpha value is -1.38. The summed E-state index contributed by atoms with van der Waals surface area (Å²) in [7, 11) is 0.